The van der Waals surface area contributed by atoms with Gasteiger partial charge < -0.3 is 19.7 Å². The Kier molecular flexibility index (Phi) is 7.81. The highest BCUT2D eigenvalue weighted by atomic mass is 127. The summed E-state index contributed by atoms with van der Waals surface area (Å²) in [5, 5.41) is 3.11. The SMILES string of the molecule is CN=C(NCc1nccn1C(F)F)N1CCOC(C2CCCO2)C1.I. The highest BCUT2D eigenvalue weighted by Gasteiger charge is 2.32. The van der Waals surface area contributed by atoms with Crippen LogP contribution < -0.4 is 5.32 Å². The van der Waals surface area contributed by atoms with E-state index in [-0.39, 0.29) is 48.6 Å². The molecule has 142 valence electrons. The summed E-state index contributed by atoms with van der Waals surface area (Å²) in [6, 6.07) is 0. The number of morpholine rings is 1. The third-order valence-electron chi connectivity index (χ3n) is 4.35. The minimum absolute atomic E-state index is 0. The van der Waals surface area contributed by atoms with Gasteiger partial charge in [0.05, 0.1) is 19.3 Å². The molecule has 10 heteroatoms. The summed E-state index contributed by atoms with van der Waals surface area (Å²) in [6.45, 7) is 0.342. The van der Waals surface area contributed by atoms with Crippen molar-refractivity contribution in [2.45, 2.75) is 38.1 Å². The van der Waals surface area contributed by atoms with Crippen LogP contribution in [-0.2, 0) is 16.0 Å². The van der Waals surface area contributed by atoms with Gasteiger partial charge in [0.25, 0.3) is 0 Å². The molecule has 2 fully saturated rings. The van der Waals surface area contributed by atoms with Gasteiger partial charge in [0.15, 0.2) is 5.96 Å². The molecule has 0 amide bonds. The number of hydrogen-bond acceptors (Lipinski definition) is 4. The van der Waals surface area contributed by atoms with E-state index < -0.39 is 6.55 Å². The molecule has 2 saturated heterocycles. The zero-order chi connectivity index (χ0) is 16.9. The van der Waals surface area contributed by atoms with Crippen LogP contribution in [0.5, 0.6) is 0 Å². The lowest BCUT2D eigenvalue weighted by atomic mass is 10.1. The molecule has 0 aromatic carbocycles. The molecule has 3 rings (SSSR count). The standard InChI is InChI=1S/C15H23F2N5O2.HI/c1-18-15(20-9-13-19-4-5-22(13)14(16)17)21-6-8-24-12(10-21)11-3-2-7-23-11;/h4-5,11-12,14H,2-3,6-10H2,1H3,(H,18,20);1H. The first kappa shape index (κ1) is 20.3. The number of nitrogens with zero attached hydrogens (tertiary/aromatic N) is 4. The number of guanidine groups is 1. The van der Waals surface area contributed by atoms with E-state index in [1.807, 2.05) is 0 Å². The van der Waals surface area contributed by atoms with Gasteiger partial charge in [0.2, 0.25) is 0 Å². The van der Waals surface area contributed by atoms with Gasteiger partial charge >= 0.3 is 6.55 Å². The van der Waals surface area contributed by atoms with E-state index in [0.29, 0.717) is 25.7 Å². The van der Waals surface area contributed by atoms with Gasteiger partial charge in [-0.25, -0.2) is 4.98 Å². The second kappa shape index (κ2) is 9.62. The molecule has 25 heavy (non-hydrogen) atoms. The van der Waals surface area contributed by atoms with Crippen molar-refractivity contribution < 1.29 is 18.3 Å². The molecule has 7 nitrogen and oxygen atoms in total. The predicted molar refractivity (Wildman–Crippen MR) is 99.4 cm³/mol. The van der Waals surface area contributed by atoms with Crippen molar-refractivity contribution >= 4 is 29.9 Å². The van der Waals surface area contributed by atoms with Crippen LogP contribution in [0.2, 0.25) is 0 Å². The molecule has 0 aliphatic carbocycles. The van der Waals surface area contributed by atoms with Gasteiger partial charge in [-0.2, -0.15) is 8.78 Å². The van der Waals surface area contributed by atoms with Crippen LogP contribution in [-0.4, -0.2) is 66.0 Å². The lowest BCUT2D eigenvalue weighted by molar-refractivity contribution is -0.0817. The number of ether oxygens (including phenoxy) is 2. The fraction of sp³-hybridized carbons (Fsp3) is 0.733. The van der Waals surface area contributed by atoms with Crippen molar-refractivity contribution in [3.05, 3.63) is 18.2 Å². The number of nitrogens with one attached hydrogen (secondary N) is 1. The van der Waals surface area contributed by atoms with Crippen LogP contribution in [0.25, 0.3) is 0 Å². The average Bonchev–Trinajstić information content (AvgIpc) is 3.27. The number of imidazole rings is 1. The van der Waals surface area contributed by atoms with E-state index >= 15 is 0 Å². The lowest BCUT2D eigenvalue weighted by Gasteiger charge is -2.37. The maximum atomic E-state index is 12.9. The van der Waals surface area contributed by atoms with Crippen molar-refractivity contribution in [1.82, 2.24) is 19.8 Å². The smallest absolute Gasteiger partial charge is 0.319 e. The summed E-state index contributed by atoms with van der Waals surface area (Å²) in [4.78, 5) is 10.3. The first-order valence-corrected chi connectivity index (χ1v) is 8.17. The molecular formula is C15H24F2IN5O2. The van der Waals surface area contributed by atoms with Gasteiger partial charge in [-0.1, -0.05) is 0 Å². The average molecular weight is 471 g/mol. The predicted octanol–water partition coefficient (Wildman–Crippen LogP) is 1.85. The van der Waals surface area contributed by atoms with E-state index in [0.717, 1.165) is 24.0 Å². The van der Waals surface area contributed by atoms with Crippen molar-refractivity contribution in [1.29, 1.82) is 0 Å². The fourth-order valence-corrected chi connectivity index (χ4v) is 3.14. The summed E-state index contributed by atoms with van der Waals surface area (Å²) in [6.07, 6.45) is 4.86. The second-order valence-corrected chi connectivity index (χ2v) is 5.84. The van der Waals surface area contributed by atoms with Crippen LogP contribution in [0.4, 0.5) is 8.78 Å². The molecule has 3 heterocycles. The van der Waals surface area contributed by atoms with E-state index in [1.54, 1.807) is 7.05 Å². The van der Waals surface area contributed by atoms with Gasteiger partial charge in [0, 0.05) is 39.1 Å². The minimum atomic E-state index is -2.60. The third-order valence-corrected chi connectivity index (χ3v) is 4.35. The molecule has 0 radical (unpaired) electrons. The zero-order valence-electron chi connectivity index (χ0n) is 14.1. The zero-order valence-corrected chi connectivity index (χ0v) is 16.4. The molecule has 1 aromatic rings. The fourth-order valence-electron chi connectivity index (χ4n) is 3.14. The molecule has 1 aromatic heterocycles. The maximum Gasteiger partial charge on any atom is 0.319 e. The van der Waals surface area contributed by atoms with Crippen LogP contribution in [0.1, 0.15) is 25.2 Å². The van der Waals surface area contributed by atoms with Crippen LogP contribution in [0.15, 0.2) is 17.4 Å². The molecule has 1 N–H and O–H groups in total. The Labute approximate surface area is 162 Å². The minimum Gasteiger partial charge on any atom is -0.375 e. The Balaban J connectivity index is 0.00000225. The summed E-state index contributed by atoms with van der Waals surface area (Å²) in [5.41, 5.74) is 0. The second-order valence-electron chi connectivity index (χ2n) is 5.84. The Bertz CT molecular complexity index is 566. The summed E-state index contributed by atoms with van der Waals surface area (Å²) >= 11 is 0. The normalized spacial score (nSPS) is 24.5. The molecular weight excluding hydrogens is 447 g/mol. The topological polar surface area (TPSA) is 63.9 Å². The van der Waals surface area contributed by atoms with E-state index in [1.165, 1.54) is 12.4 Å². The molecule has 2 atom stereocenters. The number of rotatable bonds is 4. The highest BCUT2D eigenvalue weighted by molar-refractivity contribution is 14.0. The number of alkyl halides is 2. The monoisotopic (exact) mass is 471 g/mol. The van der Waals surface area contributed by atoms with Crippen molar-refractivity contribution in [3.8, 4) is 0 Å². The summed E-state index contributed by atoms with van der Waals surface area (Å²) < 4.78 is 38.1. The largest absolute Gasteiger partial charge is 0.375 e. The molecule has 2 aliphatic rings. The van der Waals surface area contributed by atoms with E-state index in [4.69, 9.17) is 9.47 Å². The summed E-state index contributed by atoms with van der Waals surface area (Å²) in [5.74, 6) is 0.931. The Morgan fingerprint density at radius 3 is 2.88 bits per heavy atom. The first-order valence-electron chi connectivity index (χ1n) is 8.17. The quantitative estimate of drug-likeness (QED) is 0.413. The molecule has 0 spiro atoms. The number of halogens is 3. The number of aliphatic imine (C=N–C) groups is 1. The van der Waals surface area contributed by atoms with Crippen LogP contribution in [0.3, 0.4) is 0 Å². The van der Waals surface area contributed by atoms with Gasteiger partial charge in [0.1, 0.15) is 11.9 Å². The van der Waals surface area contributed by atoms with E-state index in [2.05, 4.69) is 20.2 Å². The van der Waals surface area contributed by atoms with Gasteiger partial charge in [-0.15, -0.1) is 24.0 Å². The Morgan fingerprint density at radius 2 is 2.20 bits per heavy atom. The van der Waals surface area contributed by atoms with Crippen LogP contribution in [0, 0.1) is 0 Å². The summed E-state index contributed by atoms with van der Waals surface area (Å²) in [7, 11) is 1.68. The van der Waals surface area contributed by atoms with Crippen LogP contribution >= 0.6 is 24.0 Å². The van der Waals surface area contributed by atoms with Gasteiger partial charge in [-0.3, -0.25) is 9.56 Å². The Hall–Kier alpha value is -1.01. The van der Waals surface area contributed by atoms with E-state index in [9.17, 15) is 8.78 Å². The number of hydrogen-bond donors (Lipinski definition) is 1. The molecule has 2 unspecified atom stereocenters. The van der Waals surface area contributed by atoms with Crippen molar-refractivity contribution in [2.24, 2.45) is 4.99 Å². The number of aromatic nitrogens is 2. The highest BCUT2D eigenvalue weighted by Crippen LogP contribution is 2.21. The third kappa shape index (κ3) is 5.00. The van der Waals surface area contributed by atoms with Crippen molar-refractivity contribution in [3.63, 3.8) is 0 Å². The molecule has 0 saturated carbocycles. The van der Waals surface area contributed by atoms with Crippen molar-refractivity contribution in [2.75, 3.05) is 33.4 Å². The van der Waals surface area contributed by atoms with Gasteiger partial charge in [-0.05, 0) is 12.8 Å². The first-order chi connectivity index (χ1) is 11.7. The molecule has 2 aliphatic heterocycles. The maximum absolute atomic E-state index is 12.9. The Morgan fingerprint density at radius 1 is 1.40 bits per heavy atom. The lowest BCUT2D eigenvalue weighted by Crippen LogP contribution is -2.53. The molecule has 0 bridgehead atoms.